The average molecular weight is 183 g/mol. The highest BCUT2D eigenvalue weighted by Gasteiger charge is 2.56. The molecule has 3 atom stereocenters. The third kappa shape index (κ3) is 1.57. The fourth-order valence-electron chi connectivity index (χ4n) is 2.61. The van der Waals surface area contributed by atoms with Gasteiger partial charge in [0.1, 0.15) is 0 Å². The minimum absolute atomic E-state index is 0.127. The monoisotopic (exact) mass is 183 g/mol. The highest BCUT2D eigenvalue weighted by Crippen LogP contribution is 2.57. The summed E-state index contributed by atoms with van der Waals surface area (Å²) in [5.41, 5.74) is 5.95. The molecule has 0 spiro atoms. The lowest BCUT2D eigenvalue weighted by molar-refractivity contribution is -0.144. The van der Waals surface area contributed by atoms with Crippen LogP contribution in [-0.2, 0) is 9.53 Å². The van der Waals surface area contributed by atoms with Crippen LogP contribution < -0.4 is 5.73 Å². The molecule has 2 N–H and O–H groups in total. The van der Waals surface area contributed by atoms with E-state index in [9.17, 15) is 4.79 Å². The van der Waals surface area contributed by atoms with Crippen LogP contribution in [0.25, 0.3) is 0 Å². The van der Waals surface area contributed by atoms with Gasteiger partial charge in [0.2, 0.25) is 0 Å². The quantitative estimate of drug-likeness (QED) is 0.666. The van der Waals surface area contributed by atoms with Gasteiger partial charge in [0.15, 0.2) is 0 Å². The van der Waals surface area contributed by atoms with Crippen LogP contribution in [0, 0.1) is 11.8 Å². The van der Waals surface area contributed by atoms with Crippen molar-refractivity contribution in [2.75, 3.05) is 6.61 Å². The Morgan fingerprint density at radius 1 is 1.69 bits per heavy atom. The fourth-order valence-corrected chi connectivity index (χ4v) is 2.61. The first kappa shape index (κ1) is 9.00. The molecule has 0 saturated heterocycles. The molecule has 2 rings (SSSR count). The highest BCUT2D eigenvalue weighted by atomic mass is 16.5. The van der Waals surface area contributed by atoms with Crippen molar-refractivity contribution in [3.8, 4) is 0 Å². The summed E-state index contributed by atoms with van der Waals surface area (Å²) < 4.78 is 4.92. The lowest BCUT2D eigenvalue weighted by atomic mass is 9.90. The second kappa shape index (κ2) is 2.98. The van der Waals surface area contributed by atoms with E-state index in [1.54, 1.807) is 0 Å². The van der Waals surface area contributed by atoms with E-state index in [1.807, 2.05) is 6.92 Å². The van der Waals surface area contributed by atoms with Crippen molar-refractivity contribution in [3.63, 3.8) is 0 Å². The number of nitrogens with two attached hydrogens (primary N) is 1. The van der Waals surface area contributed by atoms with Crippen molar-refractivity contribution in [2.24, 2.45) is 17.6 Å². The molecular formula is C10H17NO2. The molecule has 0 aromatic rings. The maximum atomic E-state index is 11.3. The molecule has 0 heterocycles. The van der Waals surface area contributed by atoms with Gasteiger partial charge >= 0.3 is 5.97 Å². The number of esters is 1. The molecular weight excluding hydrogens is 166 g/mol. The summed E-state index contributed by atoms with van der Waals surface area (Å²) in [6.07, 6.45) is 3.86. The van der Waals surface area contributed by atoms with Gasteiger partial charge in [0.25, 0.3) is 0 Å². The molecule has 3 nitrogen and oxygen atoms in total. The maximum absolute atomic E-state index is 11.3. The first-order valence-electron chi connectivity index (χ1n) is 5.10. The van der Waals surface area contributed by atoms with E-state index in [0.717, 1.165) is 12.3 Å². The number of hydrogen-bond donors (Lipinski definition) is 1. The highest BCUT2D eigenvalue weighted by molar-refractivity contribution is 5.71. The van der Waals surface area contributed by atoms with Crippen molar-refractivity contribution in [1.82, 2.24) is 0 Å². The number of fused-ring (bicyclic) bond motifs is 1. The zero-order valence-corrected chi connectivity index (χ0v) is 8.08. The van der Waals surface area contributed by atoms with Crippen LogP contribution in [0.4, 0.5) is 0 Å². The molecule has 2 aliphatic carbocycles. The molecule has 0 radical (unpaired) electrons. The van der Waals surface area contributed by atoms with E-state index in [0.29, 0.717) is 18.9 Å². The summed E-state index contributed by atoms with van der Waals surface area (Å²) >= 11 is 0. The van der Waals surface area contributed by atoms with Crippen molar-refractivity contribution < 1.29 is 9.53 Å². The Hall–Kier alpha value is -0.570. The maximum Gasteiger partial charge on any atom is 0.307 e. The standard InChI is InChI=1S/C10H17NO2/c1-2-13-9(12)6-10(11)4-3-7-5-8(7)10/h7-8H,2-6,11H2,1H3/t7-,8+,10?/m1/s1. The molecule has 2 fully saturated rings. The van der Waals surface area contributed by atoms with Crippen LogP contribution in [0.5, 0.6) is 0 Å². The second-order valence-electron chi connectivity index (χ2n) is 4.36. The summed E-state index contributed by atoms with van der Waals surface area (Å²) in [7, 11) is 0. The average Bonchev–Trinajstić information content (AvgIpc) is 2.75. The molecule has 0 bridgehead atoms. The van der Waals surface area contributed by atoms with E-state index >= 15 is 0 Å². The van der Waals surface area contributed by atoms with Gasteiger partial charge in [-0.05, 0) is 38.0 Å². The van der Waals surface area contributed by atoms with Crippen LogP contribution in [0.15, 0.2) is 0 Å². The van der Waals surface area contributed by atoms with E-state index in [1.165, 1.54) is 12.8 Å². The molecule has 74 valence electrons. The Morgan fingerprint density at radius 2 is 2.46 bits per heavy atom. The zero-order chi connectivity index (χ0) is 9.47. The predicted octanol–water partition coefficient (Wildman–Crippen LogP) is 1.07. The van der Waals surface area contributed by atoms with Gasteiger partial charge in [-0.3, -0.25) is 4.79 Å². The second-order valence-corrected chi connectivity index (χ2v) is 4.36. The van der Waals surface area contributed by atoms with Gasteiger partial charge in [-0.15, -0.1) is 0 Å². The van der Waals surface area contributed by atoms with Crippen LogP contribution in [0.3, 0.4) is 0 Å². The molecule has 2 aliphatic rings. The molecule has 0 aromatic carbocycles. The third-order valence-corrected chi connectivity index (χ3v) is 3.42. The zero-order valence-electron chi connectivity index (χ0n) is 8.08. The Bertz CT molecular complexity index is 229. The Balaban J connectivity index is 1.89. The number of hydrogen-bond acceptors (Lipinski definition) is 3. The Morgan fingerprint density at radius 3 is 2.92 bits per heavy atom. The third-order valence-electron chi connectivity index (χ3n) is 3.42. The van der Waals surface area contributed by atoms with Crippen LogP contribution in [0.2, 0.25) is 0 Å². The van der Waals surface area contributed by atoms with Crippen LogP contribution in [0.1, 0.15) is 32.6 Å². The van der Waals surface area contributed by atoms with Gasteiger partial charge in [-0.1, -0.05) is 0 Å². The molecule has 3 heteroatoms. The van der Waals surface area contributed by atoms with E-state index in [-0.39, 0.29) is 11.5 Å². The number of carbonyl (C=O) groups is 1. The molecule has 13 heavy (non-hydrogen) atoms. The molecule has 0 aliphatic heterocycles. The molecule has 0 aromatic heterocycles. The Kier molecular flexibility index (Phi) is 2.06. The van der Waals surface area contributed by atoms with E-state index < -0.39 is 0 Å². The lowest BCUT2D eigenvalue weighted by Crippen LogP contribution is -2.42. The van der Waals surface area contributed by atoms with Gasteiger partial charge in [0.05, 0.1) is 13.0 Å². The SMILES string of the molecule is CCOC(=O)CC1(N)CC[C@@H]2C[C@@H]21. The molecule has 0 amide bonds. The summed E-state index contributed by atoms with van der Waals surface area (Å²) in [6.45, 7) is 2.29. The van der Waals surface area contributed by atoms with Gasteiger partial charge in [-0.2, -0.15) is 0 Å². The van der Waals surface area contributed by atoms with Gasteiger partial charge in [-0.25, -0.2) is 0 Å². The molecule has 2 saturated carbocycles. The first-order chi connectivity index (χ1) is 6.15. The topological polar surface area (TPSA) is 52.3 Å². The van der Waals surface area contributed by atoms with Crippen molar-refractivity contribution in [2.45, 2.75) is 38.1 Å². The van der Waals surface area contributed by atoms with Gasteiger partial charge < -0.3 is 10.5 Å². The first-order valence-corrected chi connectivity index (χ1v) is 5.10. The molecule has 1 unspecified atom stereocenters. The minimum Gasteiger partial charge on any atom is -0.466 e. The van der Waals surface area contributed by atoms with Crippen LogP contribution >= 0.6 is 0 Å². The summed E-state index contributed by atoms with van der Waals surface area (Å²) in [5.74, 6) is 1.30. The number of ether oxygens (including phenoxy) is 1. The number of rotatable bonds is 3. The lowest BCUT2D eigenvalue weighted by Gasteiger charge is -2.24. The normalized spacial score (nSPS) is 41.4. The van der Waals surface area contributed by atoms with E-state index in [2.05, 4.69) is 0 Å². The predicted molar refractivity (Wildman–Crippen MR) is 49.0 cm³/mol. The minimum atomic E-state index is -0.225. The Labute approximate surface area is 78.6 Å². The summed E-state index contributed by atoms with van der Waals surface area (Å²) in [5, 5.41) is 0. The van der Waals surface area contributed by atoms with Crippen LogP contribution in [-0.4, -0.2) is 18.1 Å². The van der Waals surface area contributed by atoms with Gasteiger partial charge in [0, 0.05) is 5.54 Å². The number of carbonyl (C=O) groups excluding carboxylic acids is 1. The van der Waals surface area contributed by atoms with Crippen molar-refractivity contribution in [1.29, 1.82) is 0 Å². The smallest absolute Gasteiger partial charge is 0.307 e. The fraction of sp³-hybridized carbons (Fsp3) is 0.900. The largest absolute Gasteiger partial charge is 0.466 e. The van der Waals surface area contributed by atoms with Crippen molar-refractivity contribution >= 4 is 5.97 Å². The summed E-state index contributed by atoms with van der Waals surface area (Å²) in [6, 6.07) is 0. The van der Waals surface area contributed by atoms with E-state index in [4.69, 9.17) is 10.5 Å². The summed E-state index contributed by atoms with van der Waals surface area (Å²) in [4.78, 5) is 11.3. The van der Waals surface area contributed by atoms with Crippen molar-refractivity contribution in [3.05, 3.63) is 0 Å².